The summed E-state index contributed by atoms with van der Waals surface area (Å²) in [4.78, 5) is 4.21. The number of anilines is 1. The molecule has 0 aliphatic carbocycles. The van der Waals surface area contributed by atoms with E-state index in [4.69, 9.17) is 11.0 Å². The van der Waals surface area contributed by atoms with E-state index in [1.54, 1.807) is 16.5 Å². The smallest absolute Gasteiger partial charge is 0.139 e. The lowest BCUT2D eigenvalue weighted by atomic mass is 10.3. The van der Waals surface area contributed by atoms with E-state index in [-0.39, 0.29) is 0 Å². The van der Waals surface area contributed by atoms with Gasteiger partial charge in [-0.05, 0) is 19.1 Å². The number of nitriles is 1. The molecule has 13 heavy (non-hydrogen) atoms. The molecule has 0 saturated carbocycles. The molecule has 0 unspecified atom stereocenters. The van der Waals surface area contributed by atoms with Crippen molar-refractivity contribution in [2.45, 2.75) is 6.92 Å². The molecule has 64 valence electrons. The topological polar surface area (TPSA) is 67.1 Å². The van der Waals surface area contributed by atoms with Crippen molar-refractivity contribution >= 4 is 11.5 Å². The van der Waals surface area contributed by atoms with Crippen LogP contribution in [0.1, 0.15) is 11.4 Å². The van der Waals surface area contributed by atoms with Gasteiger partial charge in [0.1, 0.15) is 23.2 Å². The van der Waals surface area contributed by atoms with E-state index in [1.807, 2.05) is 13.0 Å². The summed E-state index contributed by atoms with van der Waals surface area (Å²) in [5, 5.41) is 8.82. The fraction of sp³-hybridized carbons (Fsp3) is 0.111. The average molecular weight is 172 g/mol. The van der Waals surface area contributed by atoms with Crippen LogP contribution in [0.5, 0.6) is 0 Å². The Morgan fingerprint density at radius 3 is 3.00 bits per heavy atom. The van der Waals surface area contributed by atoms with E-state index >= 15 is 0 Å². The van der Waals surface area contributed by atoms with E-state index in [0.717, 1.165) is 5.69 Å². The zero-order chi connectivity index (χ0) is 9.42. The number of nitrogens with zero attached hydrogens (tertiary/aromatic N) is 3. The zero-order valence-corrected chi connectivity index (χ0v) is 7.15. The molecular weight excluding hydrogens is 164 g/mol. The van der Waals surface area contributed by atoms with Crippen LogP contribution in [0.4, 0.5) is 5.82 Å². The number of aryl methyl sites for hydroxylation is 1. The van der Waals surface area contributed by atoms with E-state index in [1.165, 1.54) is 0 Å². The first-order valence-electron chi connectivity index (χ1n) is 3.87. The summed E-state index contributed by atoms with van der Waals surface area (Å²) in [6.07, 6.45) is 0. The molecule has 0 aliphatic heterocycles. The minimum Gasteiger partial charge on any atom is -0.383 e. The van der Waals surface area contributed by atoms with E-state index < -0.39 is 0 Å². The van der Waals surface area contributed by atoms with Crippen LogP contribution in [-0.2, 0) is 0 Å². The Hall–Kier alpha value is -2.02. The van der Waals surface area contributed by atoms with Crippen LogP contribution in [0.2, 0.25) is 0 Å². The quantitative estimate of drug-likeness (QED) is 0.647. The van der Waals surface area contributed by atoms with Crippen molar-refractivity contribution in [1.29, 1.82) is 5.26 Å². The highest BCUT2D eigenvalue weighted by Gasteiger charge is 2.07. The number of aromatic nitrogens is 2. The summed E-state index contributed by atoms with van der Waals surface area (Å²) in [7, 11) is 0. The second-order valence-electron chi connectivity index (χ2n) is 2.80. The molecular formula is C9H8N4. The van der Waals surface area contributed by atoms with Crippen LogP contribution in [-0.4, -0.2) is 9.38 Å². The van der Waals surface area contributed by atoms with Crippen molar-refractivity contribution in [2.75, 3.05) is 5.73 Å². The SMILES string of the molecule is Cc1nc2cccc(C#N)n2c1N. The van der Waals surface area contributed by atoms with Gasteiger partial charge >= 0.3 is 0 Å². The molecule has 0 fully saturated rings. The third kappa shape index (κ3) is 0.942. The van der Waals surface area contributed by atoms with Gasteiger partial charge in [-0.2, -0.15) is 5.26 Å². The summed E-state index contributed by atoms with van der Waals surface area (Å²) in [5.74, 6) is 0.534. The van der Waals surface area contributed by atoms with Crippen LogP contribution in [0.3, 0.4) is 0 Å². The number of hydrogen-bond acceptors (Lipinski definition) is 3. The van der Waals surface area contributed by atoms with Crippen LogP contribution in [0.25, 0.3) is 5.65 Å². The minimum atomic E-state index is 0.510. The second-order valence-corrected chi connectivity index (χ2v) is 2.80. The van der Waals surface area contributed by atoms with Crippen molar-refractivity contribution in [2.24, 2.45) is 0 Å². The number of fused-ring (bicyclic) bond motifs is 1. The van der Waals surface area contributed by atoms with Gasteiger partial charge in [-0.15, -0.1) is 0 Å². The van der Waals surface area contributed by atoms with Crippen molar-refractivity contribution in [3.8, 4) is 6.07 Å². The lowest BCUT2D eigenvalue weighted by molar-refractivity contribution is 1.15. The molecule has 0 aliphatic rings. The largest absolute Gasteiger partial charge is 0.383 e. The van der Waals surface area contributed by atoms with Crippen LogP contribution in [0.15, 0.2) is 18.2 Å². The first-order valence-corrected chi connectivity index (χ1v) is 3.87. The molecule has 2 N–H and O–H groups in total. The first-order chi connectivity index (χ1) is 6.24. The van der Waals surface area contributed by atoms with Crippen LogP contribution in [0, 0.1) is 18.3 Å². The Bertz CT molecular complexity index is 504. The van der Waals surface area contributed by atoms with Crippen molar-refractivity contribution < 1.29 is 0 Å². The molecule has 2 aromatic heterocycles. The number of pyridine rings is 1. The molecule has 2 heterocycles. The van der Waals surface area contributed by atoms with Crippen LogP contribution < -0.4 is 5.73 Å². The molecule has 0 amide bonds. The van der Waals surface area contributed by atoms with Gasteiger partial charge < -0.3 is 5.73 Å². The highest BCUT2D eigenvalue weighted by atomic mass is 15.1. The standard InChI is InChI=1S/C9H8N4/c1-6-9(11)13-7(5-10)3-2-4-8(13)12-6/h2-4H,11H2,1H3. The maximum absolute atomic E-state index is 8.82. The second kappa shape index (κ2) is 2.49. The normalized spacial score (nSPS) is 10.2. The lowest BCUT2D eigenvalue weighted by Crippen LogP contribution is -1.97. The van der Waals surface area contributed by atoms with Crippen molar-refractivity contribution in [3.05, 3.63) is 29.6 Å². The summed E-state index contributed by atoms with van der Waals surface area (Å²) in [5.41, 5.74) is 7.74. The minimum absolute atomic E-state index is 0.510. The maximum atomic E-state index is 8.82. The predicted molar refractivity (Wildman–Crippen MR) is 49.1 cm³/mol. The molecule has 0 spiro atoms. The fourth-order valence-corrected chi connectivity index (χ4v) is 1.32. The average Bonchev–Trinajstić information content (AvgIpc) is 2.43. The van der Waals surface area contributed by atoms with Gasteiger partial charge in [-0.25, -0.2) is 4.98 Å². The highest BCUT2D eigenvalue weighted by molar-refractivity contribution is 5.55. The van der Waals surface area contributed by atoms with E-state index in [0.29, 0.717) is 17.2 Å². The molecule has 2 aromatic rings. The third-order valence-electron chi connectivity index (χ3n) is 1.98. The zero-order valence-electron chi connectivity index (χ0n) is 7.15. The summed E-state index contributed by atoms with van der Waals surface area (Å²) >= 11 is 0. The van der Waals surface area contributed by atoms with E-state index in [2.05, 4.69) is 11.1 Å². The van der Waals surface area contributed by atoms with Gasteiger partial charge in [-0.3, -0.25) is 4.40 Å². The molecule has 2 rings (SSSR count). The number of imidazole rings is 1. The molecule has 4 nitrogen and oxygen atoms in total. The van der Waals surface area contributed by atoms with Gasteiger partial charge in [0.25, 0.3) is 0 Å². The summed E-state index contributed by atoms with van der Waals surface area (Å²) < 4.78 is 1.65. The van der Waals surface area contributed by atoms with Crippen molar-refractivity contribution in [1.82, 2.24) is 9.38 Å². The van der Waals surface area contributed by atoms with E-state index in [9.17, 15) is 0 Å². The van der Waals surface area contributed by atoms with Gasteiger partial charge in [0.15, 0.2) is 0 Å². The third-order valence-corrected chi connectivity index (χ3v) is 1.98. The Kier molecular flexibility index (Phi) is 1.46. The Labute approximate surface area is 75.2 Å². The summed E-state index contributed by atoms with van der Waals surface area (Å²) in [6, 6.07) is 7.39. The van der Waals surface area contributed by atoms with Crippen LogP contribution >= 0.6 is 0 Å². The van der Waals surface area contributed by atoms with Gasteiger partial charge in [0, 0.05) is 0 Å². The molecule has 0 bridgehead atoms. The Morgan fingerprint density at radius 1 is 1.54 bits per heavy atom. The molecule has 4 heteroatoms. The van der Waals surface area contributed by atoms with Gasteiger partial charge in [0.05, 0.1) is 5.69 Å². The highest BCUT2D eigenvalue weighted by Crippen LogP contribution is 2.15. The first kappa shape index (κ1) is 7.62. The van der Waals surface area contributed by atoms with Gasteiger partial charge in [-0.1, -0.05) is 6.07 Å². The lowest BCUT2D eigenvalue weighted by Gasteiger charge is -1.97. The fourth-order valence-electron chi connectivity index (χ4n) is 1.32. The number of hydrogen-bond donors (Lipinski definition) is 1. The number of nitrogen functional groups attached to an aromatic ring is 1. The maximum Gasteiger partial charge on any atom is 0.139 e. The van der Waals surface area contributed by atoms with Crippen molar-refractivity contribution in [3.63, 3.8) is 0 Å². The monoisotopic (exact) mass is 172 g/mol. The number of rotatable bonds is 0. The van der Waals surface area contributed by atoms with Gasteiger partial charge in [0.2, 0.25) is 0 Å². The molecule has 0 atom stereocenters. The Balaban J connectivity index is 2.97. The number of nitrogens with two attached hydrogens (primary N) is 1. The molecule has 0 saturated heterocycles. The summed E-state index contributed by atoms with van der Waals surface area (Å²) in [6.45, 7) is 1.82. The molecule has 0 radical (unpaired) electrons. The predicted octanol–water partition coefficient (Wildman–Crippen LogP) is 1.10. The Morgan fingerprint density at radius 2 is 2.31 bits per heavy atom. The molecule has 0 aromatic carbocycles.